The van der Waals surface area contributed by atoms with E-state index in [0.717, 1.165) is 11.1 Å². The first-order chi connectivity index (χ1) is 6.45. The first-order valence-electron chi connectivity index (χ1n) is 4.66. The van der Waals surface area contributed by atoms with Gasteiger partial charge in [-0.15, -0.1) is 0 Å². The highest BCUT2D eigenvalue weighted by Crippen LogP contribution is 2.21. The molecule has 0 spiro atoms. The van der Waals surface area contributed by atoms with Crippen LogP contribution in [0, 0.1) is 0 Å². The zero-order chi connectivity index (χ0) is 10.8. The Hall–Kier alpha value is -0.900. The van der Waals surface area contributed by atoms with Crippen LogP contribution in [0.25, 0.3) is 0 Å². The number of hydrogen-bond donors (Lipinski definition) is 3. The van der Waals surface area contributed by atoms with Gasteiger partial charge in [-0.05, 0) is 25.0 Å². The Labute approximate surface area is 84.2 Å². The van der Waals surface area contributed by atoms with Gasteiger partial charge in [-0.1, -0.05) is 24.3 Å². The Morgan fingerprint density at radius 2 is 1.79 bits per heavy atom. The van der Waals surface area contributed by atoms with Crippen molar-refractivity contribution >= 4 is 0 Å². The van der Waals surface area contributed by atoms with Gasteiger partial charge in [0.15, 0.2) is 0 Å². The summed E-state index contributed by atoms with van der Waals surface area (Å²) in [6.07, 6.45) is -0.620. The molecule has 14 heavy (non-hydrogen) atoms. The predicted molar refractivity (Wildman–Crippen MR) is 55.7 cm³/mol. The molecule has 0 aliphatic rings. The third kappa shape index (κ3) is 2.54. The van der Waals surface area contributed by atoms with E-state index in [1.807, 2.05) is 0 Å². The molecule has 1 unspecified atom stereocenters. The average Bonchev–Trinajstić information content (AvgIpc) is 2.15. The standard InChI is InChI=1S/C11H17NO2/c1-11(2,14)9-5-3-8(4-6-9)10(13)7-12/h3-6,10,13-14H,7,12H2,1-2H3. The van der Waals surface area contributed by atoms with E-state index in [1.165, 1.54) is 0 Å². The van der Waals surface area contributed by atoms with Crippen LogP contribution in [-0.4, -0.2) is 16.8 Å². The van der Waals surface area contributed by atoms with Crippen LogP contribution < -0.4 is 5.73 Å². The second kappa shape index (κ2) is 4.09. The van der Waals surface area contributed by atoms with E-state index in [0.29, 0.717) is 0 Å². The molecule has 0 aliphatic heterocycles. The monoisotopic (exact) mass is 195 g/mol. The highest BCUT2D eigenvalue weighted by molar-refractivity contribution is 5.27. The number of nitrogens with two attached hydrogens (primary N) is 1. The molecular weight excluding hydrogens is 178 g/mol. The summed E-state index contributed by atoms with van der Waals surface area (Å²) >= 11 is 0. The van der Waals surface area contributed by atoms with E-state index in [-0.39, 0.29) is 6.54 Å². The molecule has 1 aromatic rings. The zero-order valence-electron chi connectivity index (χ0n) is 8.57. The Morgan fingerprint density at radius 1 is 1.29 bits per heavy atom. The third-order valence-electron chi connectivity index (χ3n) is 2.23. The van der Waals surface area contributed by atoms with Crippen molar-refractivity contribution in [1.82, 2.24) is 0 Å². The molecular formula is C11H17NO2. The van der Waals surface area contributed by atoms with Crippen LogP contribution in [0.4, 0.5) is 0 Å². The number of rotatable bonds is 3. The largest absolute Gasteiger partial charge is 0.387 e. The van der Waals surface area contributed by atoms with Gasteiger partial charge >= 0.3 is 0 Å². The lowest BCUT2D eigenvalue weighted by atomic mass is 9.96. The summed E-state index contributed by atoms with van der Waals surface area (Å²) in [6, 6.07) is 7.16. The van der Waals surface area contributed by atoms with E-state index in [4.69, 9.17) is 5.73 Å². The molecule has 1 atom stereocenters. The molecule has 0 saturated heterocycles. The molecule has 0 saturated carbocycles. The molecule has 0 heterocycles. The molecule has 0 aromatic heterocycles. The van der Waals surface area contributed by atoms with Crippen molar-refractivity contribution in [2.75, 3.05) is 6.54 Å². The molecule has 3 nitrogen and oxygen atoms in total. The van der Waals surface area contributed by atoms with Crippen LogP contribution in [0.1, 0.15) is 31.1 Å². The van der Waals surface area contributed by atoms with Crippen LogP contribution in [0.3, 0.4) is 0 Å². The summed E-state index contributed by atoms with van der Waals surface area (Å²) in [7, 11) is 0. The second-order valence-corrected chi connectivity index (χ2v) is 3.93. The van der Waals surface area contributed by atoms with Gasteiger partial charge in [0.1, 0.15) is 0 Å². The normalized spacial score (nSPS) is 14.1. The summed E-state index contributed by atoms with van der Waals surface area (Å²) in [5, 5.41) is 19.1. The molecule has 78 valence electrons. The van der Waals surface area contributed by atoms with Crippen LogP contribution in [0.5, 0.6) is 0 Å². The fourth-order valence-electron chi connectivity index (χ4n) is 1.25. The molecule has 0 radical (unpaired) electrons. The smallest absolute Gasteiger partial charge is 0.0912 e. The lowest BCUT2D eigenvalue weighted by Crippen LogP contribution is -2.16. The molecule has 0 fully saturated rings. The summed E-state index contributed by atoms with van der Waals surface area (Å²) in [5.41, 5.74) is 6.09. The Kier molecular flexibility index (Phi) is 3.26. The maximum absolute atomic E-state index is 9.69. The van der Waals surface area contributed by atoms with Crippen molar-refractivity contribution in [2.45, 2.75) is 25.6 Å². The Bertz CT molecular complexity index is 287. The van der Waals surface area contributed by atoms with Crippen LogP contribution >= 0.6 is 0 Å². The fourth-order valence-corrected chi connectivity index (χ4v) is 1.25. The first kappa shape index (κ1) is 11.2. The molecule has 0 bridgehead atoms. The van der Waals surface area contributed by atoms with Gasteiger partial charge in [-0.3, -0.25) is 0 Å². The fraction of sp³-hybridized carbons (Fsp3) is 0.455. The molecule has 1 aromatic carbocycles. The van der Waals surface area contributed by atoms with Crippen molar-refractivity contribution in [1.29, 1.82) is 0 Å². The number of hydrogen-bond acceptors (Lipinski definition) is 3. The molecule has 0 aliphatic carbocycles. The van der Waals surface area contributed by atoms with Crippen molar-refractivity contribution < 1.29 is 10.2 Å². The lowest BCUT2D eigenvalue weighted by Gasteiger charge is -2.18. The van der Waals surface area contributed by atoms with Crippen molar-refractivity contribution in [3.63, 3.8) is 0 Å². The summed E-state index contributed by atoms with van der Waals surface area (Å²) in [5.74, 6) is 0. The highest BCUT2D eigenvalue weighted by Gasteiger charge is 2.15. The Balaban J connectivity index is 2.89. The quantitative estimate of drug-likeness (QED) is 0.671. The SMILES string of the molecule is CC(C)(O)c1ccc(C(O)CN)cc1. The minimum absolute atomic E-state index is 0.210. The van der Waals surface area contributed by atoms with E-state index in [9.17, 15) is 10.2 Å². The minimum atomic E-state index is -0.841. The van der Waals surface area contributed by atoms with Gasteiger partial charge in [0.2, 0.25) is 0 Å². The van der Waals surface area contributed by atoms with Gasteiger partial charge < -0.3 is 15.9 Å². The van der Waals surface area contributed by atoms with E-state index in [2.05, 4.69) is 0 Å². The molecule has 4 N–H and O–H groups in total. The summed E-state index contributed by atoms with van der Waals surface area (Å²) in [4.78, 5) is 0. The predicted octanol–water partition coefficient (Wildman–Crippen LogP) is 0.906. The molecule has 1 rings (SSSR count). The van der Waals surface area contributed by atoms with Crippen LogP contribution in [0.15, 0.2) is 24.3 Å². The maximum atomic E-state index is 9.69. The van der Waals surface area contributed by atoms with E-state index >= 15 is 0 Å². The number of aliphatic hydroxyl groups excluding tert-OH is 1. The lowest BCUT2D eigenvalue weighted by molar-refractivity contribution is 0.0785. The molecule has 3 heteroatoms. The average molecular weight is 195 g/mol. The highest BCUT2D eigenvalue weighted by atomic mass is 16.3. The summed E-state index contributed by atoms with van der Waals surface area (Å²) < 4.78 is 0. The van der Waals surface area contributed by atoms with Gasteiger partial charge in [0.05, 0.1) is 11.7 Å². The minimum Gasteiger partial charge on any atom is -0.387 e. The van der Waals surface area contributed by atoms with Crippen molar-refractivity contribution in [3.8, 4) is 0 Å². The second-order valence-electron chi connectivity index (χ2n) is 3.93. The van der Waals surface area contributed by atoms with Gasteiger partial charge in [0.25, 0.3) is 0 Å². The van der Waals surface area contributed by atoms with Crippen molar-refractivity contribution in [3.05, 3.63) is 35.4 Å². The van der Waals surface area contributed by atoms with Crippen molar-refractivity contribution in [2.24, 2.45) is 5.73 Å². The van der Waals surface area contributed by atoms with Gasteiger partial charge in [0, 0.05) is 6.54 Å². The summed E-state index contributed by atoms with van der Waals surface area (Å²) in [6.45, 7) is 3.66. The van der Waals surface area contributed by atoms with Gasteiger partial charge in [-0.25, -0.2) is 0 Å². The van der Waals surface area contributed by atoms with Crippen LogP contribution in [0.2, 0.25) is 0 Å². The number of benzene rings is 1. The first-order valence-corrected chi connectivity index (χ1v) is 4.66. The number of aliphatic hydroxyl groups is 2. The molecule has 0 amide bonds. The Morgan fingerprint density at radius 3 is 2.14 bits per heavy atom. The van der Waals surface area contributed by atoms with Gasteiger partial charge in [-0.2, -0.15) is 0 Å². The topological polar surface area (TPSA) is 66.5 Å². The van der Waals surface area contributed by atoms with E-state index < -0.39 is 11.7 Å². The maximum Gasteiger partial charge on any atom is 0.0912 e. The van der Waals surface area contributed by atoms with Crippen LogP contribution in [-0.2, 0) is 5.60 Å². The third-order valence-corrected chi connectivity index (χ3v) is 2.23. The zero-order valence-corrected chi connectivity index (χ0v) is 8.57. The van der Waals surface area contributed by atoms with E-state index in [1.54, 1.807) is 38.1 Å².